The Balaban J connectivity index is 1.66. The van der Waals surface area contributed by atoms with E-state index in [0.717, 1.165) is 5.56 Å². The van der Waals surface area contributed by atoms with Crippen LogP contribution in [-0.4, -0.2) is 29.7 Å². The number of aryl methyl sites for hydroxylation is 2. The van der Waals surface area contributed by atoms with Gasteiger partial charge >= 0.3 is 0 Å². The lowest BCUT2D eigenvalue weighted by Crippen LogP contribution is -2.36. The van der Waals surface area contributed by atoms with Crippen molar-refractivity contribution in [2.45, 2.75) is 31.3 Å². The first-order valence-corrected chi connectivity index (χ1v) is 12.6. The number of fused-ring (bicyclic) bond motifs is 2. The Kier molecular flexibility index (Phi) is 5.40. The number of hydrogen-bond donors (Lipinski definition) is 2. The van der Waals surface area contributed by atoms with Gasteiger partial charge in [-0.3, -0.25) is 9.59 Å². The lowest BCUT2D eigenvalue weighted by molar-refractivity contribution is -0.123. The fourth-order valence-corrected chi connectivity index (χ4v) is 5.21. The van der Waals surface area contributed by atoms with Gasteiger partial charge in [-0.1, -0.05) is 36.8 Å². The van der Waals surface area contributed by atoms with Crippen molar-refractivity contribution in [1.29, 1.82) is 0 Å². The summed E-state index contributed by atoms with van der Waals surface area (Å²) in [5.74, 6) is 0.298. The molecule has 10 heteroatoms. The first kappa shape index (κ1) is 22.7. The average molecular weight is 493 g/mol. The van der Waals surface area contributed by atoms with E-state index in [0.29, 0.717) is 34.4 Å². The molecule has 4 aromatic rings. The van der Waals surface area contributed by atoms with Gasteiger partial charge in [-0.2, -0.15) is 8.42 Å². The van der Waals surface area contributed by atoms with Crippen LogP contribution in [0.5, 0.6) is 5.75 Å². The van der Waals surface area contributed by atoms with Crippen LogP contribution >= 0.6 is 0 Å². The maximum Gasteiger partial charge on any atom is 0.276 e. The fraction of sp³-hybridized carbons (Fsp3) is 0.200. The molecule has 9 nitrogen and oxygen atoms in total. The van der Waals surface area contributed by atoms with E-state index in [1.807, 2.05) is 19.9 Å². The van der Waals surface area contributed by atoms with Gasteiger partial charge in [0.1, 0.15) is 5.52 Å². The highest BCUT2D eigenvalue weighted by molar-refractivity contribution is 7.92. The zero-order valence-corrected chi connectivity index (χ0v) is 20.2. The molecule has 0 spiro atoms. The van der Waals surface area contributed by atoms with Crippen LogP contribution in [0.4, 0.5) is 5.69 Å². The number of rotatable bonds is 5. The Hall–Kier alpha value is -4.05. The van der Waals surface area contributed by atoms with Gasteiger partial charge in [0.05, 0.1) is 10.6 Å². The van der Waals surface area contributed by atoms with E-state index < -0.39 is 16.1 Å². The minimum Gasteiger partial charge on any atom is -0.478 e. The summed E-state index contributed by atoms with van der Waals surface area (Å²) in [6, 6.07) is 13.5. The number of pyridine rings is 1. The zero-order chi connectivity index (χ0) is 24.9. The average Bonchev–Trinajstić information content (AvgIpc) is 3.24. The van der Waals surface area contributed by atoms with E-state index in [1.165, 1.54) is 27.6 Å². The second-order valence-corrected chi connectivity index (χ2v) is 10.2. The van der Waals surface area contributed by atoms with Crippen molar-refractivity contribution in [3.63, 3.8) is 0 Å². The van der Waals surface area contributed by atoms with Crippen molar-refractivity contribution < 1.29 is 17.9 Å². The molecule has 2 aromatic carbocycles. The first-order chi connectivity index (χ1) is 16.7. The number of nitrogens with zero attached hydrogens (tertiary/aromatic N) is 2. The van der Waals surface area contributed by atoms with Crippen LogP contribution in [0.2, 0.25) is 0 Å². The molecule has 35 heavy (non-hydrogen) atoms. The molecule has 0 fully saturated rings. The number of ether oxygens (including phenoxy) is 1. The van der Waals surface area contributed by atoms with E-state index in [2.05, 4.69) is 10.1 Å². The molecule has 1 aliphatic heterocycles. The predicted molar refractivity (Wildman–Crippen MR) is 134 cm³/mol. The number of aromatic nitrogens is 2. The Morgan fingerprint density at radius 1 is 1.06 bits per heavy atom. The third-order valence-corrected chi connectivity index (χ3v) is 7.39. The lowest BCUT2D eigenvalue weighted by Gasteiger charge is -2.27. The standard InChI is InChI=1S/C25H24N4O5S/c1-4-21-24(30)26-20-7-5-6-18(23(20)34-21)19-14-28(3)25(31)22-17(19)12-13-29(22)27-35(32,33)16-10-8-15(2)9-11-16/h5-14,21,27H,4H2,1-3H3,(H,26,30). The van der Waals surface area contributed by atoms with Gasteiger partial charge in [0.15, 0.2) is 11.9 Å². The van der Waals surface area contributed by atoms with Crippen molar-refractivity contribution in [2.24, 2.45) is 7.05 Å². The summed E-state index contributed by atoms with van der Waals surface area (Å²) in [7, 11) is -2.34. The molecule has 3 heterocycles. The molecule has 0 aliphatic carbocycles. The summed E-state index contributed by atoms with van der Waals surface area (Å²) in [5, 5.41) is 3.42. The number of anilines is 1. The molecule has 1 amide bonds. The largest absolute Gasteiger partial charge is 0.478 e. The molecule has 1 unspecified atom stereocenters. The van der Waals surface area contributed by atoms with Crippen LogP contribution in [0.3, 0.4) is 0 Å². The highest BCUT2D eigenvalue weighted by Crippen LogP contribution is 2.41. The smallest absolute Gasteiger partial charge is 0.276 e. The Morgan fingerprint density at radius 3 is 2.51 bits per heavy atom. The van der Waals surface area contributed by atoms with E-state index >= 15 is 0 Å². The van der Waals surface area contributed by atoms with E-state index in [-0.39, 0.29) is 21.9 Å². The van der Waals surface area contributed by atoms with Crippen LogP contribution in [-0.2, 0) is 21.9 Å². The number of hydrogen-bond acceptors (Lipinski definition) is 5. The third-order valence-electron chi connectivity index (χ3n) is 6.06. The number of carbonyl (C=O) groups excluding carboxylic acids is 1. The second-order valence-electron chi connectivity index (χ2n) is 8.50. The highest BCUT2D eigenvalue weighted by Gasteiger charge is 2.29. The summed E-state index contributed by atoms with van der Waals surface area (Å²) in [4.78, 5) is 28.0. The third kappa shape index (κ3) is 3.85. The minimum atomic E-state index is -3.94. The molecule has 0 radical (unpaired) electrons. The van der Waals surface area contributed by atoms with Crippen LogP contribution in [0, 0.1) is 6.92 Å². The number of sulfonamides is 1. The van der Waals surface area contributed by atoms with Gasteiger partial charge in [-0.25, -0.2) is 9.51 Å². The summed E-state index contributed by atoms with van der Waals surface area (Å²) in [6.07, 6.45) is 3.06. The molecule has 5 rings (SSSR count). The van der Waals surface area contributed by atoms with Crippen molar-refractivity contribution in [3.05, 3.63) is 76.8 Å². The van der Waals surface area contributed by atoms with Gasteiger partial charge in [0.25, 0.3) is 21.5 Å². The molecule has 1 aliphatic rings. The van der Waals surface area contributed by atoms with Gasteiger partial charge in [0.2, 0.25) is 0 Å². The number of benzene rings is 2. The van der Waals surface area contributed by atoms with E-state index in [4.69, 9.17) is 4.74 Å². The van der Waals surface area contributed by atoms with Gasteiger partial charge in [-0.05, 0) is 37.6 Å². The normalized spacial score (nSPS) is 15.4. The summed E-state index contributed by atoms with van der Waals surface area (Å²) in [5.41, 5.74) is 2.62. The van der Waals surface area contributed by atoms with Crippen molar-refractivity contribution in [1.82, 2.24) is 9.24 Å². The fourth-order valence-electron chi connectivity index (χ4n) is 4.20. The summed E-state index contributed by atoms with van der Waals surface area (Å²) < 4.78 is 34.6. The number of nitrogens with one attached hydrogen (secondary N) is 2. The second kappa shape index (κ2) is 8.31. The van der Waals surface area contributed by atoms with Gasteiger partial charge in [-0.15, -0.1) is 0 Å². The predicted octanol–water partition coefficient (Wildman–Crippen LogP) is 3.36. The molecule has 2 N–H and O–H groups in total. The van der Waals surface area contributed by atoms with Crippen molar-refractivity contribution in [2.75, 3.05) is 10.1 Å². The molecule has 0 saturated heterocycles. The van der Waals surface area contributed by atoms with Crippen molar-refractivity contribution >= 4 is 32.5 Å². The number of amides is 1. The number of para-hydroxylation sites is 1. The molecule has 180 valence electrons. The van der Waals surface area contributed by atoms with E-state index in [1.54, 1.807) is 43.6 Å². The maximum atomic E-state index is 13.1. The molecule has 0 bridgehead atoms. The SMILES string of the molecule is CCC1Oc2c(cccc2-c2cn(C)c(=O)c3c2ccn3NS(=O)(=O)c2ccc(C)cc2)NC1=O. The quantitative estimate of drug-likeness (QED) is 0.444. The monoisotopic (exact) mass is 492 g/mol. The molecule has 0 saturated carbocycles. The van der Waals surface area contributed by atoms with Crippen LogP contribution in [0.1, 0.15) is 18.9 Å². The lowest BCUT2D eigenvalue weighted by atomic mass is 10.0. The molecule has 2 aromatic heterocycles. The molecular weight excluding hydrogens is 468 g/mol. The molecule has 1 atom stereocenters. The topological polar surface area (TPSA) is 111 Å². The van der Waals surface area contributed by atoms with E-state index in [9.17, 15) is 18.0 Å². The van der Waals surface area contributed by atoms with Crippen LogP contribution in [0.25, 0.3) is 22.0 Å². The highest BCUT2D eigenvalue weighted by atomic mass is 32.2. The zero-order valence-electron chi connectivity index (χ0n) is 19.4. The van der Waals surface area contributed by atoms with Gasteiger partial charge < -0.3 is 14.6 Å². The summed E-state index contributed by atoms with van der Waals surface area (Å²) in [6.45, 7) is 3.73. The van der Waals surface area contributed by atoms with Gasteiger partial charge in [0, 0.05) is 36.0 Å². The Labute approximate surface area is 202 Å². The Bertz CT molecular complexity index is 1640. The minimum absolute atomic E-state index is 0.0878. The summed E-state index contributed by atoms with van der Waals surface area (Å²) >= 11 is 0. The van der Waals surface area contributed by atoms with Crippen LogP contribution < -0.4 is 20.4 Å². The maximum absolute atomic E-state index is 13.1. The first-order valence-electron chi connectivity index (χ1n) is 11.1. The Morgan fingerprint density at radius 2 is 1.80 bits per heavy atom. The van der Waals surface area contributed by atoms with Crippen molar-refractivity contribution in [3.8, 4) is 16.9 Å². The van der Waals surface area contributed by atoms with Crippen LogP contribution in [0.15, 0.2) is 70.6 Å². The number of carbonyl (C=O) groups is 1. The molecular formula is C25H24N4O5S.